The summed E-state index contributed by atoms with van der Waals surface area (Å²) in [4.78, 5) is 2.70. The highest BCUT2D eigenvalue weighted by Gasteiger charge is 2.08. The SMILES string of the molecule is CN(C)c1cccc2c(S(=O)Cl)cccc12. The van der Waals surface area contributed by atoms with E-state index in [0.717, 1.165) is 16.5 Å². The molecule has 4 heteroatoms. The van der Waals surface area contributed by atoms with E-state index in [1.54, 1.807) is 6.07 Å². The summed E-state index contributed by atoms with van der Waals surface area (Å²) in [6.07, 6.45) is 0. The Morgan fingerprint density at radius 3 is 2.31 bits per heavy atom. The molecule has 0 N–H and O–H groups in total. The van der Waals surface area contributed by atoms with Gasteiger partial charge in [0, 0.05) is 30.6 Å². The maximum absolute atomic E-state index is 11.4. The normalized spacial score (nSPS) is 12.7. The average molecular weight is 254 g/mol. The maximum atomic E-state index is 11.4. The van der Waals surface area contributed by atoms with Crippen LogP contribution < -0.4 is 4.90 Å². The van der Waals surface area contributed by atoms with Crippen LogP contribution in [0.25, 0.3) is 10.8 Å². The standard InChI is InChI=1S/C12H12ClNOS/c1-14(2)11-7-3-6-10-9(11)5-4-8-12(10)16(13)15/h3-8H,1-2H3. The van der Waals surface area contributed by atoms with Crippen molar-refractivity contribution in [3.05, 3.63) is 36.4 Å². The minimum atomic E-state index is -1.47. The molecule has 2 nitrogen and oxygen atoms in total. The third-order valence-electron chi connectivity index (χ3n) is 2.51. The number of rotatable bonds is 2. The van der Waals surface area contributed by atoms with E-state index in [9.17, 15) is 4.21 Å². The second-order valence-electron chi connectivity index (χ2n) is 3.75. The molecular weight excluding hydrogens is 242 g/mol. The van der Waals surface area contributed by atoms with Gasteiger partial charge >= 0.3 is 0 Å². The predicted octanol–water partition coefficient (Wildman–Crippen LogP) is 3.17. The van der Waals surface area contributed by atoms with Crippen LogP contribution in [0.3, 0.4) is 0 Å². The molecule has 0 saturated heterocycles. The van der Waals surface area contributed by atoms with Crippen LogP contribution >= 0.6 is 10.7 Å². The molecule has 2 aromatic carbocycles. The van der Waals surface area contributed by atoms with Crippen LogP contribution in [0.4, 0.5) is 5.69 Å². The second-order valence-corrected chi connectivity index (χ2v) is 5.47. The number of fused-ring (bicyclic) bond motifs is 1. The molecular formula is C12H12ClNOS. The Morgan fingerprint density at radius 2 is 1.69 bits per heavy atom. The van der Waals surface area contributed by atoms with Crippen molar-refractivity contribution < 1.29 is 4.21 Å². The Bertz CT molecular complexity index is 554. The van der Waals surface area contributed by atoms with Crippen molar-refractivity contribution in [3.63, 3.8) is 0 Å². The smallest absolute Gasteiger partial charge is 0.148 e. The summed E-state index contributed by atoms with van der Waals surface area (Å²) in [5.41, 5.74) is 1.10. The summed E-state index contributed by atoms with van der Waals surface area (Å²) in [6.45, 7) is 0. The van der Waals surface area contributed by atoms with Gasteiger partial charge in [-0.1, -0.05) is 24.3 Å². The molecule has 2 rings (SSSR count). The molecule has 0 radical (unpaired) electrons. The van der Waals surface area contributed by atoms with Gasteiger partial charge in [0.1, 0.15) is 10.0 Å². The third-order valence-corrected chi connectivity index (χ3v) is 3.71. The number of benzene rings is 2. The van der Waals surface area contributed by atoms with Gasteiger partial charge in [-0.15, -0.1) is 0 Å². The second kappa shape index (κ2) is 4.44. The quantitative estimate of drug-likeness (QED) is 0.767. The van der Waals surface area contributed by atoms with E-state index < -0.39 is 10.0 Å². The van der Waals surface area contributed by atoms with Gasteiger partial charge in [-0.05, 0) is 22.8 Å². The number of anilines is 1. The molecule has 84 valence electrons. The largest absolute Gasteiger partial charge is 0.377 e. The van der Waals surface area contributed by atoms with E-state index in [0.29, 0.717) is 4.90 Å². The molecule has 1 unspecified atom stereocenters. The summed E-state index contributed by atoms with van der Waals surface area (Å²) in [6, 6.07) is 11.6. The molecule has 0 spiro atoms. The Labute approximate surface area is 102 Å². The van der Waals surface area contributed by atoms with Crippen LogP contribution in [0.15, 0.2) is 41.3 Å². The molecule has 0 fully saturated rings. The van der Waals surface area contributed by atoms with Crippen LogP contribution in [-0.2, 0) is 10.0 Å². The minimum Gasteiger partial charge on any atom is -0.377 e. The molecule has 0 heterocycles. The first-order valence-electron chi connectivity index (χ1n) is 4.88. The molecule has 16 heavy (non-hydrogen) atoms. The van der Waals surface area contributed by atoms with Gasteiger partial charge in [0.05, 0.1) is 4.90 Å². The van der Waals surface area contributed by atoms with E-state index in [2.05, 4.69) is 0 Å². The Morgan fingerprint density at radius 1 is 1.06 bits per heavy atom. The van der Waals surface area contributed by atoms with Gasteiger partial charge < -0.3 is 4.90 Å². The van der Waals surface area contributed by atoms with Gasteiger partial charge in [-0.25, -0.2) is 4.21 Å². The van der Waals surface area contributed by atoms with Crippen molar-refractivity contribution in [1.82, 2.24) is 0 Å². The monoisotopic (exact) mass is 253 g/mol. The van der Waals surface area contributed by atoms with Crippen molar-refractivity contribution in [1.29, 1.82) is 0 Å². The van der Waals surface area contributed by atoms with E-state index in [-0.39, 0.29) is 0 Å². The van der Waals surface area contributed by atoms with Crippen LogP contribution in [0, 0.1) is 0 Å². The van der Waals surface area contributed by atoms with E-state index in [4.69, 9.17) is 10.7 Å². The van der Waals surface area contributed by atoms with Crippen molar-refractivity contribution in [2.75, 3.05) is 19.0 Å². The molecule has 1 atom stereocenters. The number of hydrogen-bond acceptors (Lipinski definition) is 2. The van der Waals surface area contributed by atoms with Crippen molar-refractivity contribution >= 4 is 37.2 Å². The number of hydrogen-bond donors (Lipinski definition) is 0. The zero-order valence-electron chi connectivity index (χ0n) is 9.11. The fourth-order valence-corrected chi connectivity index (χ4v) is 2.73. The zero-order chi connectivity index (χ0) is 11.7. The molecule has 0 aliphatic heterocycles. The Kier molecular flexibility index (Phi) is 3.17. The maximum Gasteiger partial charge on any atom is 0.148 e. The highest BCUT2D eigenvalue weighted by Crippen LogP contribution is 2.30. The van der Waals surface area contributed by atoms with Gasteiger partial charge in [-0.2, -0.15) is 0 Å². The lowest BCUT2D eigenvalue weighted by molar-refractivity contribution is 0.691. The topological polar surface area (TPSA) is 20.3 Å². The molecule has 0 aromatic heterocycles. The molecule has 0 saturated carbocycles. The molecule has 0 aliphatic rings. The summed E-state index contributed by atoms with van der Waals surface area (Å²) in [5.74, 6) is 0. The van der Waals surface area contributed by atoms with Crippen LogP contribution in [0.2, 0.25) is 0 Å². The number of nitrogens with zero attached hydrogens (tertiary/aromatic N) is 1. The highest BCUT2D eigenvalue weighted by atomic mass is 35.7. The first-order chi connectivity index (χ1) is 7.61. The Balaban J connectivity index is 2.81. The van der Waals surface area contributed by atoms with E-state index in [1.807, 2.05) is 49.3 Å². The third kappa shape index (κ3) is 1.93. The van der Waals surface area contributed by atoms with E-state index >= 15 is 0 Å². The lowest BCUT2D eigenvalue weighted by atomic mass is 10.1. The molecule has 0 amide bonds. The summed E-state index contributed by atoms with van der Waals surface area (Å²) < 4.78 is 11.4. The highest BCUT2D eigenvalue weighted by molar-refractivity contribution is 8.08. The first-order valence-corrected chi connectivity index (χ1v) is 6.86. The lowest BCUT2D eigenvalue weighted by Gasteiger charge is -2.16. The average Bonchev–Trinajstić information content (AvgIpc) is 2.27. The zero-order valence-corrected chi connectivity index (χ0v) is 10.7. The fourth-order valence-electron chi connectivity index (χ4n) is 1.79. The lowest BCUT2D eigenvalue weighted by Crippen LogP contribution is -2.09. The Hall–Kier alpha value is -1.06. The fraction of sp³-hybridized carbons (Fsp3) is 0.167. The summed E-state index contributed by atoms with van der Waals surface area (Å²) >= 11 is 0. The summed E-state index contributed by atoms with van der Waals surface area (Å²) in [5, 5.41) is 2.01. The number of halogens is 1. The molecule has 2 aromatic rings. The molecule has 0 bridgehead atoms. The van der Waals surface area contributed by atoms with Crippen molar-refractivity contribution in [3.8, 4) is 0 Å². The minimum absolute atomic E-state index is 0.669. The molecule has 0 aliphatic carbocycles. The van der Waals surface area contributed by atoms with Gasteiger partial charge in [0.25, 0.3) is 0 Å². The van der Waals surface area contributed by atoms with E-state index in [1.165, 1.54) is 0 Å². The van der Waals surface area contributed by atoms with Gasteiger partial charge in [0.15, 0.2) is 0 Å². The van der Waals surface area contributed by atoms with Crippen molar-refractivity contribution in [2.24, 2.45) is 0 Å². The van der Waals surface area contributed by atoms with Gasteiger partial charge in [0.2, 0.25) is 0 Å². The van der Waals surface area contributed by atoms with Gasteiger partial charge in [-0.3, -0.25) is 0 Å². The first kappa shape index (κ1) is 11.4. The predicted molar refractivity (Wildman–Crippen MR) is 70.5 cm³/mol. The van der Waals surface area contributed by atoms with Crippen LogP contribution in [-0.4, -0.2) is 18.3 Å². The summed E-state index contributed by atoms with van der Waals surface area (Å²) in [7, 11) is 8.17. The van der Waals surface area contributed by atoms with Crippen LogP contribution in [0.5, 0.6) is 0 Å². The van der Waals surface area contributed by atoms with Crippen LogP contribution in [0.1, 0.15) is 0 Å². The van der Waals surface area contributed by atoms with Crippen molar-refractivity contribution in [2.45, 2.75) is 4.90 Å².